The summed E-state index contributed by atoms with van der Waals surface area (Å²) >= 11 is 13.0. The molecule has 0 aliphatic rings. The van der Waals surface area contributed by atoms with Gasteiger partial charge in [-0.25, -0.2) is 9.78 Å². The maximum atomic E-state index is 13.0. The van der Waals surface area contributed by atoms with Crippen LogP contribution in [0.3, 0.4) is 0 Å². The smallest absolute Gasteiger partial charge is 0.416 e. The lowest BCUT2D eigenvalue weighted by Crippen LogP contribution is -2.06. The highest BCUT2D eigenvalue weighted by atomic mass is 35.5. The summed E-state index contributed by atoms with van der Waals surface area (Å²) in [4.78, 5) is 16.5. The summed E-state index contributed by atoms with van der Waals surface area (Å²) < 4.78 is 43.8. The van der Waals surface area contributed by atoms with Crippen molar-refractivity contribution in [3.63, 3.8) is 0 Å². The molecule has 0 unspecified atom stereocenters. The van der Waals surface area contributed by atoms with E-state index < -0.39 is 17.7 Å². The van der Waals surface area contributed by atoms with Crippen molar-refractivity contribution >= 4 is 51.3 Å². The normalized spacial score (nSPS) is 11.4. The largest absolute Gasteiger partial charge is 0.464 e. The summed E-state index contributed by atoms with van der Waals surface area (Å²) in [5.74, 6) is -0.765. The molecule has 2 aromatic carbocycles. The van der Waals surface area contributed by atoms with Gasteiger partial charge in [0.1, 0.15) is 0 Å². The van der Waals surface area contributed by atoms with Gasteiger partial charge in [0.25, 0.3) is 0 Å². The van der Waals surface area contributed by atoms with E-state index in [4.69, 9.17) is 27.9 Å². The molecule has 1 heterocycles. The summed E-state index contributed by atoms with van der Waals surface area (Å²) in [5.41, 5.74) is -0.251. The van der Waals surface area contributed by atoms with Gasteiger partial charge in [-0.05, 0) is 35.9 Å². The molecule has 0 spiro atoms. The molecule has 3 rings (SSSR count). The zero-order valence-corrected chi connectivity index (χ0v) is 16.4. The molecule has 0 atom stereocenters. The number of anilines is 2. The molecule has 146 valence electrons. The minimum Gasteiger partial charge on any atom is -0.464 e. The van der Waals surface area contributed by atoms with Gasteiger partial charge in [0.15, 0.2) is 10.8 Å². The number of carbonyl (C=O) groups is 1. The minimum atomic E-state index is -4.51. The molecule has 0 aliphatic heterocycles. The quantitative estimate of drug-likeness (QED) is 0.454. The van der Waals surface area contributed by atoms with Crippen LogP contribution in [-0.2, 0) is 10.9 Å². The summed E-state index contributed by atoms with van der Waals surface area (Å²) in [6.45, 7) is 0. The van der Waals surface area contributed by atoms with Gasteiger partial charge >= 0.3 is 12.1 Å². The Kier molecular flexibility index (Phi) is 5.83. The van der Waals surface area contributed by atoms with Crippen molar-refractivity contribution < 1.29 is 22.7 Å². The molecule has 10 heteroatoms. The molecule has 3 aromatic rings. The van der Waals surface area contributed by atoms with Gasteiger partial charge < -0.3 is 10.1 Å². The Balaban J connectivity index is 2.05. The van der Waals surface area contributed by atoms with Crippen molar-refractivity contribution in [2.75, 3.05) is 12.4 Å². The number of hydrogen-bond acceptors (Lipinski definition) is 5. The number of methoxy groups -OCH3 is 1. The zero-order chi connectivity index (χ0) is 20.5. The van der Waals surface area contributed by atoms with Crippen molar-refractivity contribution in [3.05, 3.63) is 63.8 Å². The van der Waals surface area contributed by atoms with E-state index in [1.54, 1.807) is 12.1 Å². The predicted molar refractivity (Wildman–Crippen MR) is 104 cm³/mol. The van der Waals surface area contributed by atoms with Crippen molar-refractivity contribution in [2.45, 2.75) is 6.18 Å². The lowest BCUT2D eigenvalue weighted by molar-refractivity contribution is -0.137. The first-order valence-electron chi connectivity index (χ1n) is 7.68. The summed E-state index contributed by atoms with van der Waals surface area (Å²) in [6, 6.07) is 9.39. The fourth-order valence-corrected chi connectivity index (χ4v) is 3.76. The molecule has 0 bridgehead atoms. The number of aromatic nitrogens is 1. The molecule has 0 saturated heterocycles. The Morgan fingerprint density at radius 2 is 1.93 bits per heavy atom. The van der Waals surface area contributed by atoms with Gasteiger partial charge in [0, 0.05) is 5.02 Å². The van der Waals surface area contributed by atoms with Crippen LogP contribution in [0.2, 0.25) is 10.0 Å². The maximum absolute atomic E-state index is 13.0. The van der Waals surface area contributed by atoms with Crippen molar-refractivity contribution in [3.8, 4) is 10.4 Å². The van der Waals surface area contributed by atoms with E-state index >= 15 is 0 Å². The van der Waals surface area contributed by atoms with E-state index in [0.29, 0.717) is 15.7 Å². The van der Waals surface area contributed by atoms with Crippen LogP contribution in [0.1, 0.15) is 16.1 Å². The number of carbonyl (C=O) groups excluding carboxylic acids is 1. The van der Waals surface area contributed by atoms with Crippen LogP contribution >= 0.6 is 34.5 Å². The van der Waals surface area contributed by atoms with Gasteiger partial charge in [0.2, 0.25) is 0 Å². The van der Waals surface area contributed by atoms with Gasteiger partial charge in [-0.15, -0.1) is 0 Å². The number of benzene rings is 2. The average Bonchev–Trinajstić information content (AvgIpc) is 3.07. The number of hydrogen-bond donors (Lipinski definition) is 1. The van der Waals surface area contributed by atoms with E-state index in [1.165, 1.54) is 25.3 Å². The Bertz CT molecular complexity index is 1040. The predicted octanol–water partition coefficient (Wildman–Crippen LogP) is 6.67. The SMILES string of the molecule is COC(=O)c1nc(Nc2ccc(Cl)cc2Cl)sc1-c1cccc(C(F)(F)F)c1. The van der Waals surface area contributed by atoms with Crippen LogP contribution in [-0.4, -0.2) is 18.1 Å². The standard InChI is InChI=1S/C18H11Cl2F3N2O2S/c1-27-16(26)14-15(9-3-2-4-10(7-9)18(21,22)23)28-17(25-14)24-13-6-5-11(19)8-12(13)20/h2-8H,1H3,(H,24,25). The number of nitrogens with zero attached hydrogens (tertiary/aromatic N) is 1. The Morgan fingerprint density at radius 1 is 1.18 bits per heavy atom. The van der Waals surface area contributed by atoms with Crippen LogP contribution in [0.5, 0.6) is 0 Å². The molecule has 0 fully saturated rings. The highest BCUT2D eigenvalue weighted by molar-refractivity contribution is 7.19. The molecule has 0 aliphatic carbocycles. The van der Waals surface area contributed by atoms with Crippen LogP contribution in [0.25, 0.3) is 10.4 Å². The maximum Gasteiger partial charge on any atom is 0.416 e. The Hall–Kier alpha value is -2.29. The fraction of sp³-hybridized carbons (Fsp3) is 0.111. The summed E-state index contributed by atoms with van der Waals surface area (Å²) in [7, 11) is 1.17. The molecule has 0 amide bonds. The lowest BCUT2D eigenvalue weighted by Gasteiger charge is -2.08. The number of esters is 1. The van der Waals surface area contributed by atoms with Crippen LogP contribution in [0, 0.1) is 0 Å². The van der Waals surface area contributed by atoms with Crippen molar-refractivity contribution in [1.82, 2.24) is 4.98 Å². The number of halogens is 5. The van der Waals surface area contributed by atoms with Gasteiger partial charge in [-0.2, -0.15) is 13.2 Å². The second-order valence-corrected chi connectivity index (χ2v) is 7.36. The molecule has 0 radical (unpaired) electrons. The first-order valence-corrected chi connectivity index (χ1v) is 9.25. The van der Waals surface area contributed by atoms with Gasteiger partial charge in [0.05, 0.1) is 28.3 Å². The topological polar surface area (TPSA) is 51.2 Å². The molecular weight excluding hydrogens is 436 g/mol. The third kappa shape index (κ3) is 4.40. The average molecular weight is 447 g/mol. The molecular formula is C18H11Cl2F3N2O2S. The summed E-state index contributed by atoms with van der Waals surface area (Å²) in [5, 5.41) is 3.96. The number of alkyl halides is 3. The first-order chi connectivity index (χ1) is 13.2. The molecule has 0 saturated carbocycles. The van der Waals surface area contributed by atoms with E-state index in [0.717, 1.165) is 23.5 Å². The Morgan fingerprint density at radius 3 is 2.57 bits per heavy atom. The zero-order valence-electron chi connectivity index (χ0n) is 14.1. The van der Waals surface area contributed by atoms with E-state index in [-0.39, 0.29) is 21.3 Å². The highest BCUT2D eigenvalue weighted by Gasteiger charge is 2.31. The fourth-order valence-electron chi connectivity index (χ4n) is 2.35. The second kappa shape index (κ2) is 7.98. The highest BCUT2D eigenvalue weighted by Crippen LogP contribution is 2.39. The first kappa shape index (κ1) is 20.4. The molecule has 1 N–H and O–H groups in total. The van der Waals surface area contributed by atoms with Crippen molar-refractivity contribution in [1.29, 1.82) is 0 Å². The monoisotopic (exact) mass is 446 g/mol. The Labute approximate surface area is 171 Å². The lowest BCUT2D eigenvalue weighted by atomic mass is 10.1. The molecule has 4 nitrogen and oxygen atoms in total. The van der Waals surface area contributed by atoms with Crippen molar-refractivity contribution in [2.24, 2.45) is 0 Å². The van der Waals surface area contributed by atoms with E-state index in [9.17, 15) is 18.0 Å². The third-order valence-electron chi connectivity index (χ3n) is 3.63. The van der Waals surface area contributed by atoms with Gasteiger partial charge in [-0.1, -0.05) is 46.7 Å². The molecule has 28 heavy (non-hydrogen) atoms. The number of nitrogens with one attached hydrogen (secondary N) is 1. The minimum absolute atomic E-state index is 0.0978. The van der Waals surface area contributed by atoms with E-state index in [1.807, 2.05) is 0 Å². The summed E-state index contributed by atoms with van der Waals surface area (Å²) in [6.07, 6.45) is -4.51. The van der Waals surface area contributed by atoms with Crippen LogP contribution in [0.4, 0.5) is 24.0 Å². The molecule has 1 aromatic heterocycles. The van der Waals surface area contributed by atoms with Crippen LogP contribution in [0.15, 0.2) is 42.5 Å². The van der Waals surface area contributed by atoms with E-state index in [2.05, 4.69) is 10.3 Å². The van der Waals surface area contributed by atoms with Crippen LogP contribution < -0.4 is 5.32 Å². The number of rotatable bonds is 4. The van der Waals surface area contributed by atoms with Gasteiger partial charge in [-0.3, -0.25) is 0 Å². The number of thiazole rings is 1. The second-order valence-electron chi connectivity index (χ2n) is 5.52. The number of ether oxygens (including phenoxy) is 1. The third-order valence-corrected chi connectivity index (χ3v) is 5.20.